The number of anilines is 1. The Hall–Kier alpha value is -1.19. The molecule has 0 spiro atoms. The number of halogens is 2. The van der Waals surface area contributed by atoms with Crippen LogP contribution in [-0.4, -0.2) is 12.5 Å². The Balaban J connectivity index is 2.00. The van der Waals surface area contributed by atoms with Crippen molar-refractivity contribution in [3.63, 3.8) is 0 Å². The first-order chi connectivity index (χ1) is 9.86. The summed E-state index contributed by atoms with van der Waals surface area (Å²) in [6, 6.07) is 7.34. The zero-order valence-electron chi connectivity index (χ0n) is 12.3. The summed E-state index contributed by atoms with van der Waals surface area (Å²) in [7, 11) is 0. The third-order valence-electron chi connectivity index (χ3n) is 3.93. The Bertz CT molecular complexity index is 548. The van der Waals surface area contributed by atoms with Gasteiger partial charge in [0.1, 0.15) is 10.2 Å². The van der Waals surface area contributed by atoms with Crippen LogP contribution in [0.5, 0.6) is 5.75 Å². The molecule has 2 atom stereocenters. The third-order valence-corrected chi connectivity index (χ3v) is 4.18. The van der Waals surface area contributed by atoms with E-state index >= 15 is 0 Å². The Labute approximate surface area is 135 Å². The lowest BCUT2D eigenvalue weighted by Gasteiger charge is -2.07. The molecule has 0 saturated heterocycles. The van der Waals surface area contributed by atoms with Gasteiger partial charge in [-0.2, -0.15) is 0 Å². The molecule has 114 valence electrons. The van der Waals surface area contributed by atoms with Gasteiger partial charge in [0.25, 0.3) is 0 Å². The van der Waals surface area contributed by atoms with Crippen LogP contribution in [0, 0.1) is 17.3 Å². The van der Waals surface area contributed by atoms with Crippen molar-refractivity contribution in [3.8, 4) is 5.75 Å². The highest BCUT2D eigenvalue weighted by Gasteiger charge is 2.60. The second-order valence-corrected chi connectivity index (χ2v) is 6.74. The van der Waals surface area contributed by atoms with Gasteiger partial charge in [0.2, 0.25) is 5.91 Å². The minimum atomic E-state index is -0.121. The fraction of sp³-hybridized carbons (Fsp3) is 0.438. The van der Waals surface area contributed by atoms with Crippen LogP contribution in [0.2, 0.25) is 0 Å². The molecule has 1 fully saturated rings. The van der Waals surface area contributed by atoms with Gasteiger partial charge in [-0.3, -0.25) is 4.79 Å². The van der Waals surface area contributed by atoms with E-state index in [9.17, 15) is 4.79 Å². The lowest BCUT2D eigenvalue weighted by molar-refractivity contribution is -0.118. The van der Waals surface area contributed by atoms with Crippen molar-refractivity contribution in [3.05, 3.63) is 34.8 Å². The monoisotopic (exact) mass is 327 g/mol. The molecule has 1 amide bonds. The SMILES string of the molecule is CCOc1ccc(NC(=O)[C@@H]2[C@@H](C=C(Cl)Cl)C2(C)C)cc1. The topological polar surface area (TPSA) is 38.3 Å². The van der Waals surface area contributed by atoms with Gasteiger partial charge in [-0.25, -0.2) is 0 Å². The Morgan fingerprint density at radius 2 is 1.95 bits per heavy atom. The van der Waals surface area contributed by atoms with Gasteiger partial charge in [-0.1, -0.05) is 37.0 Å². The number of benzene rings is 1. The number of hydrogen-bond donors (Lipinski definition) is 1. The van der Waals surface area contributed by atoms with Crippen LogP contribution < -0.4 is 10.1 Å². The summed E-state index contributed by atoms with van der Waals surface area (Å²) in [6.07, 6.45) is 1.74. The van der Waals surface area contributed by atoms with E-state index in [2.05, 4.69) is 5.32 Å². The minimum Gasteiger partial charge on any atom is -0.494 e. The second-order valence-electron chi connectivity index (χ2n) is 5.73. The molecule has 1 saturated carbocycles. The Morgan fingerprint density at radius 3 is 2.48 bits per heavy atom. The molecule has 1 aliphatic rings. The van der Waals surface area contributed by atoms with Crippen molar-refractivity contribution in [2.24, 2.45) is 17.3 Å². The van der Waals surface area contributed by atoms with Crippen LogP contribution in [-0.2, 0) is 4.79 Å². The predicted molar refractivity (Wildman–Crippen MR) is 86.8 cm³/mol. The molecule has 2 rings (SSSR count). The second kappa shape index (κ2) is 6.29. The highest BCUT2D eigenvalue weighted by molar-refractivity contribution is 6.55. The van der Waals surface area contributed by atoms with Crippen LogP contribution in [0.3, 0.4) is 0 Å². The number of amides is 1. The normalized spacial score (nSPS) is 22.3. The molecule has 0 bridgehead atoms. The number of carbonyl (C=O) groups excluding carboxylic acids is 1. The number of rotatable bonds is 5. The smallest absolute Gasteiger partial charge is 0.228 e. The van der Waals surface area contributed by atoms with Crippen molar-refractivity contribution in [2.75, 3.05) is 11.9 Å². The van der Waals surface area contributed by atoms with Crippen LogP contribution >= 0.6 is 23.2 Å². The Morgan fingerprint density at radius 1 is 1.33 bits per heavy atom. The standard InChI is InChI=1S/C16H19Cl2NO2/c1-4-21-11-7-5-10(6-8-11)19-15(20)14-12(9-13(17)18)16(14,2)3/h5-9,12,14H,4H2,1-3H3,(H,19,20)/t12-,14+/m1/s1. The van der Waals surface area contributed by atoms with Crippen LogP contribution in [0.15, 0.2) is 34.8 Å². The number of allylic oxidation sites excluding steroid dienone is 1. The van der Waals surface area contributed by atoms with Crippen LogP contribution in [0.25, 0.3) is 0 Å². The lowest BCUT2D eigenvalue weighted by atomic mass is 10.1. The first-order valence-electron chi connectivity index (χ1n) is 6.92. The zero-order chi connectivity index (χ0) is 15.6. The first kappa shape index (κ1) is 16.2. The molecule has 1 aliphatic carbocycles. The molecule has 0 radical (unpaired) electrons. The van der Waals surface area contributed by atoms with Gasteiger partial charge < -0.3 is 10.1 Å². The maximum Gasteiger partial charge on any atom is 0.228 e. The first-order valence-corrected chi connectivity index (χ1v) is 7.68. The fourth-order valence-corrected chi connectivity index (χ4v) is 2.92. The average molecular weight is 328 g/mol. The molecule has 5 heteroatoms. The quantitative estimate of drug-likeness (QED) is 0.857. The van der Waals surface area contributed by atoms with Crippen molar-refractivity contribution >= 4 is 34.8 Å². The fourth-order valence-electron chi connectivity index (χ4n) is 2.65. The van der Waals surface area contributed by atoms with Gasteiger partial charge in [0.15, 0.2) is 0 Å². The number of ether oxygens (including phenoxy) is 1. The highest BCUT2D eigenvalue weighted by atomic mass is 35.5. The number of nitrogens with one attached hydrogen (secondary N) is 1. The number of hydrogen-bond acceptors (Lipinski definition) is 2. The third kappa shape index (κ3) is 3.72. The van der Waals surface area contributed by atoms with Crippen LogP contribution in [0.4, 0.5) is 5.69 Å². The summed E-state index contributed by atoms with van der Waals surface area (Å²) in [5.41, 5.74) is 0.635. The van der Waals surface area contributed by atoms with E-state index < -0.39 is 0 Å². The molecule has 1 N–H and O–H groups in total. The molecule has 21 heavy (non-hydrogen) atoms. The molecule has 0 aliphatic heterocycles. The molecule has 0 aromatic heterocycles. The van der Waals surface area contributed by atoms with Gasteiger partial charge in [-0.05, 0) is 48.6 Å². The molecule has 3 nitrogen and oxygen atoms in total. The van der Waals surface area contributed by atoms with Gasteiger partial charge in [0.05, 0.1) is 12.5 Å². The summed E-state index contributed by atoms with van der Waals surface area (Å²) in [5.74, 6) is 0.735. The number of carbonyl (C=O) groups is 1. The summed E-state index contributed by atoms with van der Waals surface area (Å²) in [4.78, 5) is 12.3. The molecule has 1 aromatic rings. The van der Waals surface area contributed by atoms with E-state index in [0.717, 1.165) is 11.4 Å². The van der Waals surface area contributed by atoms with Gasteiger partial charge in [-0.15, -0.1) is 0 Å². The predicted octanol–water partition coefficient (Wildman–Crippen LogP) is 4.62. The molecule has 0 unspecified atom stereocenters. The summed E-state index contributed by atoms with van der Waals surface area (Å²) in [6.45, 7) is 6.62. The van der Waals surface area contributed by atoms with E-state index in [0.29, 0.717) is 6.61 Å². The van der Waals surface area contributed by atoms with Crippen molar-refractivity contribution in [1.82, 2.24) is 0 Å². The highest BCUT2D eigenvalue weighted by Crippen LogP contribution is 2.60. The average Bonchev–Trinajstić information content (AvgIpc) is 2.92. The maximum absolute atomic E-state index is 12.3. The summed E-state index contributed by atoms with van der Waals surface area (Å²) >= 11 is 11.4. The van der Waals surface area contributed by atoms with E-state index in [1.165, 1.54) is 0 Å². The summed E-state index contributed by atoms with van der Waals surface area (Å²) < 4.78 is 5.58. The van der Waals surface area contributed by atoms with E-state index in [1.54, 1.807) is 6.08 Å². The van der Waals surface area contributed by atoms with Gasteiger partial charge >= 0.3 is 0 Å². The largest absolute Gasteiger partial charge is 0.494 e. The summed E-state index contributed by atoms with van der Waals surface area (Å²) in [5, 5.41) is 2.92. The maximum atomic E-state index is 12.3. The molecule has 0 heterocycles. The van der Waals surface area contributed by atoms with E-state index in [-0.39, 0.29) is 27.6 Å². The minimum absolute atomic E-state index is 0.0139. The van der Waals surface area contributed by atoms with Crippen molar-refractivity contribution in [2.45, 2.75) is 20.8 Å². The Kier molecular flexibility index (Phi) is 4.84. The van der Waals surface area contributed by atoms with Crippen molar-refractivity contribution in [1.29, 1.82) is 0 Å². The molecular formula is C16H19Cl2NO2. The van der Waals surface area contributed by atoms with Crippen LogP contribution in [0.1, 0.15) is 20.8 Å². The van der Waals surface area contributed by atoms with E-state index in [1.807, 2.05) is 45.0 Å². The lowest BCUT2D eigenvalue weighted by Crippen LogP contribution is -2.16. The molecular weight excluding hydrogens is 309 g/mol. The van der Waals surface area contributed by atoms with Gasteiger partial charge in [0, 0.05) is 5.69 Å². The zero-order valence-corrected chi connectivity index (χ0v) is 13.8. The van der Waals surface area contributed by atoms with E-state index in [4.69, 9.17) is 27.9 Å². The van der Waals surface area contributed by atoms with Crippen molar-refractivity contribution < 1.29 is 9.53 Å². The molecule has 1 aromatic carbocycles.